The fraction of sp³-hybridized carbons (Fsp3) is 0.294. The lowest BCUT2D eigenvalue weighted by molar-refractivity contribution is -0.140. The number of unbranched alkanes of at least 4 members (excludes halogenated alkanes) is 1. The van der Waals surface area contributed by atoms with Crippen molar-refractivity contribution < 1.29 is 14.3 Å². The van der Waals surface area contributed by atoms with Crippen molar-refractivity contribution in [1.82, 2.24) is 10.2 Å². The highest BCUT2D eigenvalue weighted by Crippen LogP contribution is 2.18. The molecule has 0 bridgehead atoms. The zero-order chi connectivity index (χ0) is 17.2. The van der Waals surface area contributed by atoms with Gasteiger partial charge in [-0.3, -0.25) is 9.59 Å². The molecule has 6 nitrogen and oxygen atoms in total. The molecule has 126 valence electrons. The van der Waals surface area contributed by atoms with E-state index in [4.69, 9.17) is 0 Å². The molecule has 1 aromatic heterocycles. The Morgan fingerprint density at radius 1 is 1.12 bits per heavy atom. The fourth-order valence-electron chi connectivity index (χ4n) is 1.92. The van der Waals surface area contributed by atoms with E-state index in [2.05, 4.69) is 20.3 Å². The Kier molecular flexibility index (Phi) is 7.10. The largest absolute Gasteiger partial charge is 0.469 e. The summed E-state index contributed by atoms with van der Waals surface area (Å²) in [6.07, 6.45) is 5.72. The standard InChI is InChI=1S/C17H19N3O3S/c1-23-16(22)10-6-5-9-14(21)18-17-20-19-15(24-17)12-11-13-7-3-2-4-8-13/h2-4,7-8,11-12H,5-6,9-10H2,1H3,(H,18,20,21)/b12-11+. The number of nitrogens with zero attached hydrogens (tertiary/aromatic N) is 2. The molecule has 0 radical (unpaired) electrons. The van der Waals surface area contributed by atoms with Gasteiger partial charge in [0.2, 0.25) is 11.0 Å². The van der Waals surface area contributed by atoms with Crippen LogP contribution in [0.25, 0.3) is 12.2 Å². The second-order valence-electron chi connectivity index (χ2n) is 5.02. The van der Waals surface area contributed by atoms with Crippen LogP contribution >= 0.6 is 11.3 Å². The van der Waals surface area contributed by atoms with Crippen molar-refractivity contribution >= 4 is 40.5 Å². The van der Waals surface area contributed by atoms with Crippen LogP contribution in [0, 0.1) is 0 Å². The highest BCUT2D eigenvalue weighted by atomic mass is 32.1. The van der Waals surface area contributed by atoms with Crippen molar-refractivity contribution in [2.45, 2.75) is 25.7 Å². The molecule has 1 aromatic carbocycles. The molecule has 0 atom stereocenters. The van der Waals surface area contributed by atoms with E-state index in [0.717, 1.165) is 10.6 Å². The Morgan fingerprint density at radius 2 is 1.88 bits per heavy atom. The van der Waals surface area contributed by atoms with E-state index in [0.29, 0.717) is 30.8 Å². The number of aromatic nitrogens is 2. The molecule has 0 saturated carbocycles. The topological polar surface area (TPSA) is 81.2 Å². The number of methoxy groups -OCH3 is 1. The normalized spacial score (nSPS) is 10.7. The monoisotopic (exact) mass is 345 g/mol. The first-order chi connectivity index (χ1) is 11.7. The number of hydrogen-bond donors (Lipinski definition) is 1. The number of rotatable bonds is 8. The first-order valence-electron chi connectivity index (χ1n) is 7.60. The second-order valence-corrected chi connectivity index (χ2v) is 6.03. The maximum Gasteiger partial charge on any atom is 0.305 e. The predicted octanol–water partition coefficient (Wildman–Crippen LogP) is 3.38. The second kappa shape index (κ2) is 9.57. The maximum absolute atomic E-state index is 11.8. The predicted molar refractivity (Wildman–Crippen MR) is 94.4 cm³/mol. The van der Waals surface area contributed by atoms with Gasteiger partial charge in [-0.15, -0.1) is 10.2 Å². The van der Waals surface area contributed by atoms with Crippen molar-refractivity contribution in [2.75, 3.05) is 12.4 Å². The van der Waals surface area contributed by atoms with Crippen molar-refractivity contribution in [3.63, 3.8) is 0 Å². The van der Waals surface area contributed by atoms with E-state index in [9.17, 15) is 9.59 Å². The lowest BCUT2D eigenvalue weighted by atomic mass is 10.2. The Bertz CT molecular complexity index is 698. The van der Waals surface area contributed by atoms with Gasteiger partial charge in [-0.25, -0.2) is 0 Å². The highest BCUT2D eigenvalue weighted by molar-refractivity contribution is 7.16. The Labute approximate surface area is 144 Å². The third-order valence-electron chi connectivity index (χ3n) is 3.17. The molecule has 0 aliphatic carbocycles. The van der Waals surface area contributed by atoms with Crippen LogP contribution in [0.4, 0.5) is 5.13 Å². The van der Waals surface area contributed by atoms with E-state index >= 15 is 0 Å². The molecule has 1 heterocycles. The van der Waals surface area contributed by atoms with E-state index in [1.807, 2.05) is 42.5 Å². The molecule has 0 fully saturated rings. The molecule has 0 saturated heterocycles. The van der Waals surface area contributed by atoms with E-state index in [1.165, 1.54) is 18.4 Å². The number of amides is 1. The molecule has 2 rings (SSSR count). The molecule has 1 N–H and O–H groups in total. The first kappa shape index (κ1) is 17.8. The van der Waals surface area contributed by atoms with Gasteiger partial charge in [-0.05, 0) is 24.5 Å². The lowest BCUT2D eigenvalue weighted by Crippen LogP contribution is -2.11. The zero-order valence-corrected chi connectivity index (χ0v) is 14.2. The number of nitrogens with one attached hydrogen (secondary N) is 1. The van der Waals surface area contributed by atoms with E-state index in [1.54, 1.807) is 0 Å². The highest BCUT2D eigenvalue weighted by Gasteiger charge is 2.07. The number of carbonyl (C=O) groups is 2. The van der Waals surface area contributed by atoms with Crippen LogP contribution < -0.4 is 5.32 Å². The number of hydrogen-bond acceptors (Lipinski definition) is 6. The number of esters is 1. The smallest absolute Gasteiger partial charge is 0.305 e. The van der Waals surface area contributed by atoms with Gasteiger partial charge in [-0.1, -0.05) is 47.7 Å². The molecule has 0 aliphatic rings. The summed E-state index contributed by atoms with van der Waals surface area (Å²) in [6.45, 7) is 0. The summed E-state index contributed by atoms with van der Waals surface area (Å²) in [6, 6.07) is 9.88. The SMILES string of the molecule is COC(=O)CCCCC(=O)Nc1nnc(/C=C/c2ccccc2)s1. The van der Waals surface area contributed by atoms with Crippen molar-refractivity contribution in [3.8, 4) is 0 Å². The van der Waals surface area contributed by atoms with Gasteiger partial charge in [0.15, 0.2) is 0 Å². The molecule has 0 unspecified atom stereocenters. The number of benzene rings is 1. The van der Waals surface area contributed by atoms with Crippen molar-refractivity contribution in [1.29, 1.82) is 0 Å². The van der Waals surface area contributed by atoms with Gasteiger partial charge < -0.3 is 10.1 Å². The van der Waals surface area contributed by atoms with Gasteiger partial charge in [0.25, 0.3) is 0 Å². The van der Waals surface area contributed by atoms with E-state index < -0.39 is 0 Å². The minimum atomic E-state index is -0.255. The van der Waals surface area contributed by atoms with Gasteiger partial charge >= 0.3 is 5.97 Å². The summed E-state index contributed by atoms with van der Waals surface area (Å²) in [4.78, 5) is 22.8. The number of carbonyl (C=O) groups excluding carboxylic acids is 2. The Hall–Kier alpha value is -2.54. The Balaban J connectivity index is 1.75. The van der Waals surface area contributed by atoms with Gasteiger partial charge in [0.05, 0.1) is 7.11 Å². The molecule has 1 amide bonds. The maximum atomic E-state index is 11.8. The van der Waals surface area contributed by atoms with E-state index in [-0.39, 0.29) is 11.9 Å². The van der Waals surface area contributed by atoms with Crippen LogP contribution in [0.1, 0.15) is 36.3 Å². The average Bonchev–Trinajstić information content (AvgIpc) is 3.05. The molecular formula is C17H19N3O3S. The fourth-order valence-corrected chi connectivity index (χ4v) is 2.59. The summed E-state index contributed by atoms with van der Waals surface area (Å²) in [5.41, 5.74) is 1.07. The third-order valence-corrected chi connectivity index (χ3v) is 3.97. The summed E-state index contributed by atoms with van der Waals surface area (Å²) in [5.74, 6) is -0.385. The van der Waals surface area contributed by atoms with Crippen LogP contribution in [0.5, 0.6) is 0 Å². The van der Waals surface area contributed by atoms with Crippen LogP contribution in [-0.2, 0) is 14.3 Å². The minimum absolute atomic E-state index is 0.130. The summed E-state index contributed by atoms with van der Waals surface area (Å²) < 4.78 is 4.55. The molecule has 2 aromatic rings. The lowest BCUT2D eigenvalue weighted by Gasteiger charge is -2.01. The van der Waals surface area contributed by atoms with Crippen molar-refractivity contribution in [2.24, 2.45) is 0 Å². The quantitative estimate of drug-likeness (QED) is 0.586. The molecule has 0 aliphatic heterocycles. The first-order valence-corrected chi connectivity index (χ1v) is 8.42. The van der Waals surface area contributed by atoms with Crippen LogP contribution in [0.3, 0.4) is 0 Å². The molecule has 0 spiro atoms. The summed E-state index contributed by atoms with van der Waals surface area (Å²) in [7, 11) is 1.36. The zero-order valence-electron chi connectivity index (χ0n) is 13.4. The number of ether oxygens (including phenoxy) is 1. The summed E-state index contributed by atoms with van der Waals surface area (Å²) >= 11 is 1.31. The van der Waals surface area contributed by atoms with Gasteiger partial charge in [0.1, 0.15) is 5.01 Å². The van der Waals surface area contributed by atoms with Crippen LogP contribution in [0.2, 0.25) is 0 Å². The van der Waals surface area contributed by atoms with Crippen LogP contribution in [-0.4, -0.2) is 29.2 Å². The van der Waals surface area contributed by atoms with Crippen LogP contribution in [0.15, 0.2) is 30.3 Å². The van der Waals surface area contributed by atoms with Gasteiger partial charge in [-0.2, -0.15) is 0 Å². The van der Waals surface area contributed by atoms with Gasteiger partial charge in [0, 0.05) is 12.8 Å². The molecule has 7 heteroatoms. The summed E-state index contributed by atoms with van der Waals surface area (Å²) in [5, 5.41) is 11.9. The average molecular weight is 345 g/mol. The molecule has 24 heavy (non-hydrogen) atoms. The molecular weight excluding hydrogens is 326 g/mol. The van der Waals surface area contributed by atoms with Crippen molar-refractivity contribution in [3.05, 3.63) is 40.9 Å². The minimum Gasteiger partial charge on any atom is -0.469 e. The number of anilines is 1. The Morgan fingerprint density at radius 3 is 2.62 bits per heavy atom. The third kappa shape index (κ3) is 6.29.